The molecule has 0 aliphatic heterocycles. The number of aryl methyl sites for hydroxylation is 1. The molecule has 0 aliphatic rings. The summed E-state index contributed by atoms with van der Waals surface area (Å²) in [6.07, 6.45) is 3.15. The molecule has 0 bridgehead atoms. The third-order valence-electron chi connectivity index (χ3n) is 2.83. The van der Waals surface area contributed by atoms with E-state index < -0.39 is 0 Å². The predicted molar refractivity (Wildman–Crippen MR) is 88.8 cm³/mol. The molecule has 1 amide bonds. The first-order valence-electron chi connectivity index (χ1n) is 6.25. The van der Waals surface area contributed by atoms with Gasteiger partial charge in [0.05, 0.1) is 27.3 Å². The molecule has 0 atom stereocenters. The summed E-state index contributed by atoms with van der Waals surface area (Å²) in [5.74, 6) is -0.114. The fourth-order valence-electron chi connectivity index (χ4n) is 1.74. The molecular weight excluding hydrogens is 327 g/mol. The van der Waals surface area contributed by atoms with Crippen LogP contribution in [0.5, 0.6) is 0 Å². The number of aromatic nitrogens is 1. The second-order valence-corrected chi connectivity index (χ2v) is 6.38. The number of rotatable bonds is 4. The van der Waals surface area contributed by atoms with Crippen LogP contribution >= 0.6 is 34.5 Å². The summed E-state index contributed by atoms with van der Waals surface area (Å²) in [4.78, 5) is 18.0. The van der Waals surface area contributed by atoms with Crippen molar-refractivity contribution in [2.24, 2.45) is 0 Å². The van der Waals surface area contributed by atoms with Gasteiger partial charge in [-0.3, -0.25) is 4.79 Å². The van der Waals surface area contributed by atoms with Gasteiger partial charge < -0.3 is 4.90 Å². The molecule has 0 N–H and O–H groups in total. The van der Waals surface area contributed by atoms with Gasteiger partial charge in [-0.2, -0.15) is 0 Å². The van der Waals surface area contributed by atoms with Crippen LogP contribution in [0.2, 0.25) is 10.0 Å². The maximum atomic E-state index is 12.1. The monoisotopic (exact) mass is 340 g/mol. The molecule has 2 rings (SSSR count). The topological polar surface area (TPSA) is 33.2 Å². The van der Waals surface area contributed by atoms with Crippen molar-refractivity contribution < 1.29 is 4.79 Å². The van der Waals surface area contributed by atoms with Gasteiger partial charge in [0.2, 0.25) is 5.91 Å². The van der Waals surface area contributed by atoms with Crippen LogP contribution in [0.1, 0.15) is 16.3 Å². The molecule has 1 heterocycles. The van der Waals surface area contributed by atoms with E-state index in [1.165, 1.54) is 6.08 Å². The predicted octanol–water partition coefficient (Wildman–Crippen LogP) is 4.43. The lowest BCUT2D eigenvalue weighted by molar-refractivity contribution is -0.125. The minimum Gasteiger partial charge on any atom is -0.336 e. The summed E-state index contributed by atoms with van der Waals surface area (Å²) in [5, 5.41) is 3.86. The van der Waals surface area contributed by atoms with Gasteiger partial charge in [0, 0.05) is 18.5 Å². The number of nitrogens with zero attached hydrogens (tertiary/aromatic N) is 2. The van der Waals surface area contributed by atoms with Crippen LogP contribution in [-0.2, 0) is 11.3 Å². The van der Waals surface area contributed by atoms with Crippen LogP contribution in [0, 0.1) is 6.92 Å². The normalized spacial score (nSPS) is 11.0. The Morgan fingerprint density at radius 1 is 1.43 bits per heavy atom. The number of carbonyl (C=O) groups is 1. The molecule has 0 unspecified atom stereocenters. The first-order chi connectivity index (χ1) is 9.97. The first-order valence-corrected chi connectivity index (χ1v) is 7.89. The van der Waals surface area contributed by atoms with Gasteiger partial charge in [-0.05, 0) is 24.6 Å². The van der Waals surface area contributed by atoms with E-state index in [2.05, 4.69) is 4.98 Å². The lowest BCUT2D eigenvalue weighted by atomic mass is 10.2. The van der Waals surface area contributed by atoms with Crippen molar-refractivity contribution in [2.75, 3.05) is 7.05 Å². The molecule has 0 saturated heterocycles. The standard InChI is InChI=1S/C15H14Cl2N2OS/c1-10-18-12(9-21-10)8-19(2)14(20)7-6-11-4-3-5-13(16)15(11)17/h3-7,9H,8H2,1-2H3. The molecule has 1 aromatic heterocycles. The highest BCUT2D eigenvalue weighted by Gasteiger charge is 2.08. The molecule has 1 aromatic carbocycles. The summed E-state index contributed by atoms with van der Waals surface area (Å²) in [7, 11) is 1.74. The summed E-state index contributed by atoms with van der Waals surface area (Å²) < 4.78 is 0. The molecule has 6 heteroatoms. The van der Waals surface area contributed by atoms with E-state index in [1.54, 1.807) is 41.5 Å². The lowest BCUT2D eigenvalue weighted by Gasteiger charge is -2.13. The third kappa shape index (κ3) is 4.30. The Labute approximate surface area is 137 Å². The van der Waals surface area contributed by atoms with Gasteiger partial charge in [0.25, 0.3) is 0 Å². The molecule has 0 spiro atoms. The molecule has 21 heavy (non-hydrogen) atoms. The Kier molecular flexibility index (Phi) is 5.39. The molecular formula is C15H14Cl2N2OS. The maximum absolute atomic E-state index is 12.1. The van der Waals surface area contributed by atoms with E-state index in [0.29, 0.717) is 16.6 Å². The fourth-order valence-corrected chi connectivity index (χ4v) is 2.71. The van der Waals surface area contributed by atoms with Crippen LogP contribution in [-0.4, -0.2) is 22.8 Å². The number of carbonyl (C=O) groups excluding carboxylic acids is 1. The second kappa shape index (κ2) is 7.07. The summed E-state index contributed by atoms with van der Waals surface area (Å²) in [6, 6.07) is 5.31. The van der Waals surface area contributed by atoms with Crippen LogP contribution in [0.4, 0.5) is 0 Å². The first kappa shape index (κ1) is 16.0. The molecule has 0 radical (unpaired) electrons. The minimum atomic E-state index is -0.114. The second-order valence-electron chi connectivity index (χ2n) is 4.53. The average Bonchev–Trinajstić information content (AvgIpc) is 2.85. The van der Waals surface area contributed by atoms with Gasteiger partial charge in [-0.15, -0.1) is 11.3 Å². The molecule has 0 fully saturated rings. The molecule has 0 aliphatic carbocycles. The van der Waals surface area contributed by atoms with Gasteiger partial charge in [-0.25, -0.2) is 4.98 Å². The zero-order valence-electron chi connectivity index (χ0n) is 11.6. The molecule has 110 valence electrons. The van der Waals surface area contributed by atoms with E-state index in [1.807, 2.05) is 18.4 Å². The summed E-state index contributed by atoms with van der Waals surface area (Å²) >= 11 is 13.6. The quantitative estimate of drug-likeness (QED) is 0.771. The Balaban J connectivity index is 2.03. The Hall–Kier alpha value is -1.36. The number of halogens is 2. The number of hydrogen-bond acceptors (Lipinski definition) is 3. The highest BCUT2D eigenvalue weighted by atomic mass is 35.5. The van der Waals surface area contributed by atoms with Crippen molar-refractivity contribution in [1.82, 2.24) is 9.88 Å². The number of benzene rings is 1. The maximum Gasteiger partial charge on any atom is 0.246 e. The molecule has 0 saturated carbocycles. The SMILES string of the molecule is Cc1nc(CN(C)C(=O)C=Cc2cccc(Cl)c2Cl)cs1. The Morgan fingerprint density at radius 2 is 2.19 bits per heavy atom. The number of likely N-dealkylation sites (N-methyl/N-ethyl adjacent to an activating group) is 1. The Bertz CT molecular complexity index is 682. The summed E-state index contributed by atoms with van der Waals surface area (Å²) in [5.41, 5.74) is 1.61. The Morgan fingerprint density at radius 3 is 2.86 bits per heavy atom. The van der Waals surface area contributed by atoms with E-state index in [9.17, 15) is 4.79 Å². The van der Waals surface area contributed by atoms with Gasteiger partial charge >= 0.3 is 0 Å². The highest BCUT2D eigenvalue weighted by molar-refractivity contribution is 7.09. The average molecular weight is 341 g/mol. The van der Waals surface area contributed by atoms with E-state index in [0.717, 1.165) is 16.3 Å². The molecule has 3 nitrogen and oxygen atoms in total. The fraction of sp³-hybridized carbons (Fsp3) is 0.200. The lowest BCUT2D eigenvalue weighted by Crippen LogP contribution is -2.24. The van der Waals surface area contributed by atoms with Crippen LogP contribution in [0.3, 0.4) is 0 Å². The third-order valence-corrected chi connectivity index (χ3v) is 4.48. The zero-order valence-corrected chi connectivity index (χ0v) is 14.0. The van der Waals surface area contributed by atoms with Crippen molar-refractivity contribution in [2.45, 2.75) is 13.5 Å². The van der Waals surface area contributed by atoms with Crippen LogP contribution < -0.4 is 0 Å². The van der Waals surface area contributed by atoms with E-state index in [4.69, 9.17) is 23.2 Å². The van der Waals surface area contributed by atoms with Crippen LogP contribution in [0.15, 0.2) is 29.7 Å². The molecule has 2 aromatic rings. The van der Waals surface area contributed by atoms with Crippen molar-refractivity contribution in [3.05, 3.63) is 56.0 Å². The largest absolute Gasteiger partial charge is 0.336 e. The van der Waals surface area contributed by atoms with Gasteiger partial charge in [0.15, 0.2) is 0 Å². The summed E-state index contributed by atoms with van der Waals surface area (Å²) in [6.45, 7) is 2.42. The van der Waals surface area contributed by atoms with Crippen molar-refractivity contribution in [3.8, 4) is 0 Å². The number of thiazole rings is 1. The van der Waals surface area contributed by atoms with Crippen molar-refractivity contribution in [3.63, 3.8) is 0 Å². The smallest absolute Gasteiger partial charge is 0.246 e. The van der Waals surface area contributed by atoms with Crippen molar-refractivity contribution >= 4 is 46.5 Å². The zero-order chi connectivity index (χ0) is 15.4. The van der Waals surface area contributed by atoms with Gasteiger partial charge in [0.1, 0.15) is 0 Å². The van der Waals surface area contributed by atoms with E-state index in [-0.39, 0.29) is 5.91 Å². The van der Waals surface area contributed by atoms with Crippen molar-refractivity contribution in [1.29, 1.82) is 0 Å². The minimum absolute atomic E-state index is 0.114. The van der Waals surface area contributed by atoms with E-state index >= 15 is 0 Å². The number of amides is 1. The van der Waals surface area contributed by atoms with Gasteiger partial charge in [-0.1, -0.05) is 35.3 Å². The highest BCUT2D eigenvalue weighted by Crippen LogP contribution is 2.26. The number of hydrogen-bond donors (Lipinski definition) is 0. The van der Waals surface area contributed by atoms with Crippen LogP contribution in [0.25, 0.3) is 6.08 Å².